The topological polar surface area (TPSA) is 89.4 Å². The molecule has 0 amide bonds. The molecule has 0 spiro atoms. The van der Waals surface area contributed by atoms with E-state index in [9.17, 15) is 5.11 Å². The van der Waals surface area contributed by atoms with E-state index in [4.69, 9.17) is 15.3 Å². The van der Waals surface area contributed by atoms with Gasteiger partial charge in [0, 0.05) is 0 Å². The van der Waals surface area contributed by atoms with Gasteiger partial charge in [0.15, 0.2) is 0 Å². The zero-order valence-corrected chi connectivity index (χ0v) is 13.7. The number of aromatic hydroxyl groups is 1. The quantitative estimate of drug-likeness (QED) is 0.678. The Hall–Kier alpha value is -0.606. The third-order valence-electron chi connectivity index (χ3n) is 1.96. The van der Waals surface area contributed by atoms with Crippen molar-refractivity contribution in [2.75, 3.05) is 21.3 Å². The maximum Gasteiger partial charge on any atom is 3.00 e. The molecule has 0 fully saturated rings. The van der Waals surface area contributed by atoms with Gasteiger partial charge in [0.1, 0.15) is 5.75 Å². The maximum absolute atomic E-state index is 9.57. The Labute approximate surface area is 127 Å². The number of aryl methyl sites for hydroxylation is 1. The fraction of sp³-hybridized carbons (Fsp3) is 0.571. The third kappa shape index (κ3) is 12.2. The minimum Gasteiger partial charge on any atom is -0.857 e. The predicted octanol–water partition coefficient (Wildman–Crippen LogP) is -0.0749. The molecule has 0 aromatic heterocycles. The van der Waals surface area contributed by atoms with Gasteiger partial charge in [-0.2, -0.15) is 21.3 Å². The molecule has 0 atom stereocenters. The van der Waals surface area contributed by atoms with Gasteiger partial charge in [-0.15, -0.1) is 0 Å². The van der Waals surface area contributed by atoms with Crippen LogP contribution < -0.4 is 15.3 Å². The molecule has 1 aromatic rings. The molecule has 0 aliphatic carbocycles. The van der Waals surface area contributed by atoms with Crippen LogP contribution in [0, 0.1) is 6.92 Å². The smallest absolute Gasteiger partial charge is 0.857 e. The number of hydrogen-bond acceptors (Lipinski definition) is 4. The predicted molar refractivity (Wildman–Crippen MR) is 69.3 cm³/mol. The number of phenols is 1. The van der Waals surface area contributed by atoms with E-state index in [0.717, 1.165) is 26.9 Å². The average Bonchev–Trinajstić information content (AvgIpc) is 2.38. The van der Waals surface area contributed by atoms with Crippen molar-refractivity contribution in [2.45, 2.75) is 33.1 Å². The van der Waals surface area contributed by atoms with Gasteiger partial charge in [0.05, 0.1) is 0 Å². The van der Waals surface area contributed by atoms with Gasteiger partial charge in [-0.3, -0.25) is 0 Å². The molecule has 115 valence electrons. The van der Waals surface area contributed by atoms with E-state index < -0.39 is 0 Å². The van der Waals surface area contributed by atoms with E-state index in [1.807, 2.05) is 19.1 Å². The Morgan fingerprint density at radius 3 is 1.53 bits per heavy atom. The summed E-state index contributed by atoms with van der Waals surface area (Å²) < 4.78 is 0. The van der Waals surface area contributed by atoms with Crippen molar-refractivity contribution in [3.8, 4) is 5.75 Å². The van der Waals surface area contributed by atoms with E-state index >= 15 is 0 Å². The fourth-order valence-electron chi connectivity index (χ4n) is 1.25. The van der Waals surface area contributed by atoms with Crippen molar-refractivity contribution in [2.24, 2.45) is 0 Å². The van der Waals surface area contributed by atoms with Crippen molar-refractivity contribution < 1.29 is 36.9 Å². The van der Waals surface area contributed by atoms with Crippen LogP contribution in [0.1, 0.15) is 31.9 Å². The van der Waals surface area contributed by atoms with Gasteiger partial charge in [-0.1, -0.05) is 38.5 Å². The van der Waals surface area contributed by atoms with Gasteiger partial charge in [0.2, 0.25) is 0 Å². The van der Waals surface area contributed by atoms with Gasteiger partial charge in [-0.05, 0) is 24.0 Å². The molecule has 4 nitrogen and oxygen atoms in total. The van der Waals surface area contributed by atoms with Crippen LogP contribution >= 0.6 is 0 Å². The summed E-state index contributed by atoms with van der Waals surface area (Å²) >= 11 is 0. The summed E-state index contributed by atoms with van der Waals surface area (Å²) in [5.74, 6) is 0.396. The Kier molecular flexibility index (Phi) is 21.8. The number of rotatable bonds is 0. The van der Waals surface area contributed by atoms with Crippen LogP contribution in [0.15, 0.2) is 18.2 Å². The SMILES string of the molecule is C[O-].C[O-].C[O-].Cc1ccc(O)c(C(C)(C)C)c1.[Ni+3]. The zero-order chi connectivity index (χ0) is 15.4. The summed E-state index contributed by atoms with van der Waals surface area (Å²) in [7, 11) is 2.25. The molecule has 0 heterocycles. The summed E-state index contributed by atoms with van der Waals surface area (Å²) in [6, 6.07) is 5.72. The van der Waals surface area contributed by atoms with Crippen molar-refractivity contribution in [1.82, 2.24) is 0 Å². The Morgan fingerprint density at radius 2 is 1.26 bits per heavy atom. The van der Waals surface area contributed by atoms with Gasteiger partial charge in [0.25, 0.3) is 0 Å². The molecule has 1 N–H and O–H groups in total. The van der Waals surface area contributed by atoms with Crippen LogP contribution in [-0.4, -0.2) is 26.4 Å². The Bertz CT molecular complexity index is 296. The minimum atomic E-state index is 0. The first-order chi connectivity index (χ1) is 8.41. The standard InChI is InChI=1S/C11H16O.3CH3O.Ni/c1-8-5-6-10(12)9(7-8)11(2,3)4;3*1-2;/h5-7,12H,1-4H3;3*1H3;/q;3*-1;+3. The van der Waals surface area contributed by atoms with Crippen LogP contribution in [0.4, 0.5) is 0 Å². The molecule has 5 heteroatoms. The number of hydrogen-bond donors (Lipinski definition) is 1. The minimum absolute atomic E-state index is 0. The zero-order valence-electron chi connectivity index (χ0n) is 12.7. The first-order valence-electron chi connectivity index (χ1n) is 5.44. The molecule has 0 bridgehead atoms. The van der Waals surface area contributed by atoms with Crippen LogP contribution in [0.5, 0.6) is 5.75 Å². The van der Waals surface area contributed by atoms with E-state index in [0.29, 0.717) is 5.75 Å². The second-order valence-corrected chi connectivity index (χ2v) is 4.27. The van der Waals surface area contributed by atoms with Gasteiger partial charge >= 0.3 is 16.5 Å². The summed E-state index contributed by atoms with van der Waals surface area (Å²) in [5, 5.41) is 34.3. The Balaban J connectivity index is -0.000000142. The molecule has 0 aliphatic rings. The molecule has 19 heavy (non-hydrogen) atoms. The van der Waals surface area contributed by atoms with E-state index in [2.05, 4.69) is 20.8 Å². The van der Waals surface area contributed by atoms with Crippen LogP contribution in [0.2, 0.25) is 0 Å². The molecule has 0 saturated carbocycles. The van der Waals surface area contributed by atoms with Crippen LogP contribution in [0.3, 0.4) is 0 Å². The average molecular weight is 316 g/mol. The van der Waals surface area contributed by atoms with E-state index in [1.165, 1.54) is 5.56 Å². The molecule has 1 radical (unpaired) electrons. The van der Waals surface area contributed by atoms with Gasteiger partial charge in [-0.25, -0.2) is 0 Å². The maximum atomic E-state index is 9.57. The van der Waals surface area contributed by atoms with Crippen molar-refractivity contribution in [3.05, 3.63) is 29.3 Å². The number of benzene rings is 1. The first-order valence-corrected chi connectivity index (χ1v) is 5.44. The molecule has 0 aliphatic heterocycles. The van der Waals surface area contributed by atoms with Crippen LogP contribution in [-0.2, 0) is 21.9 Å². The normalized spacial score (nSPS) is 8.32. The van der Waals surface area contributed by atoms with Crippen molar-refractivity contribution >= 4 is 0 Å². The summed E-state index contributed by atoms with van der Waals surface area (Å²) in [5.41, 5.74) is 2.23. The summed E-state index contributed by atoms with van der Waals surface area (Å²) in [6.07, 6.45) is 0. The van der Waals surface area contributed by atoms with Crippen molar-refractivity contribution in [3.63, 3.8) is 0 Å². The number of phenolic OH excluding ortho intramolecular Hbond substituents is 1. The van der Waals surface area contributed by atoms with E-state index in [1.54, 1.807) is 6.07 Å². The second kappa shape index (κ2) is 15.5. The molecule has 1 rings (SSSR count). The van der Waals surface area contributed by atoms with Crippen LogP contribution in [0.25, 0.3) is 0 Å². The fourth-order valence-corrected chi connectivity index (χ4v) is 1.25. The third-order valence-corrected chi connectivity index (χ3v) is 1.96. The molecular weight excluding hydrogens is 291 g/mol. The molecule has 1 aromatic carbocycles. The molecular formula is C14H25NiO4. The second-order valence-electron chi connectivity index (χ2n) is 4.27. The summed E-state index contributed by atoms with van der Waals surface area (Å²) in [6.45, 7) is 8.33. The van der Waals surface area contributed by atoms with E-state index in [-0.39, 0.29) is 21.9 Å². The van der Waals surface area contributed by atoms with Crippen molar-refractivity contribution in [1.29, 1.82) is 0 Å². The summed E-state index contributed by atoms with van der Waals surface area (Å²) in [4.78, 5) is 0. The largest absolute Gasteiger partial charge is 3.00 e. The monoisotopic (exact) mass is 315 g/mol. The first kappa shape index (κ1) is 26.9. The Morgan fingerprint density at radius 1 is 0.895 bits per heavy atom. The van der Waals surface area contributed by atoms with Gasteiger partial charge < -0.3 is 20.4 Å². The molecule has 0 saturated heterocycles. The molecule has 0 unspecified atom stereocenters.